The van der Waals surface area contributed by atoms with Crippen LogP contribution >= 0.6 is 0 Å². The van der Waals surface area contributed by atoms with Crippen molar-refractivity contribution in [3.63, 3.8) is 0 Å². The van der Waals surface area contributed by atoms with Gasteiger partial charge in [0.25, 0.3) is 5.91 Å². The third-order valence-corrected chi connectivity index (χ3v) is 5.66. The Kier molecular flexibility index (Phi) is 5.59. The Bertz CT molecular complexity index is 666. The van der Waals surface area contributed by atoms with Crippen molar-refractivity contribution in [1.82, 2.24) is 15.5 Å². The highest BCUT2D eigenvalue weighted by Crippen LogP contribution is 2.37. The molecule has 0 bridgehead atoms. The van der Waals surface area contributed by atoms with Gasteiger partial charge in [0, 0.05) is 6.54 Å². The first-order valence-electron chi connectivity index (χ1n) is 9.49. The quantitative estimate of drug-likeness (QED) is 0.767. The standard InChI is InChI=1S/C20H27N3O3/c1-2-15-8-11-20(12-9-15)18(25)23(19(26)22-20)14-17(24)21-13-10-16-6-4-3-5-7-16/h3-7,15H,2,8-14H2,1H3,(H,21,24)(H,22,26). The maximum atomic E-state index is 12.8. The lowest BCUT2D eigenvalue weighted by atomic mass is 9.75. The molecule has 1 aromatic carbocycles. The molecule has 1 heterocycles. The van der Waals surface area contributed by atoms with Crippen LogP contribution in [0, 0.1) is 5.92 Å². The van der Waals surface area contributed by atoms with E-state index in [4.69, 9.17) is 0 Å². The highest BCUT2D eigenvalue weighted by Gasteiger charge is 2.52. The first-order chi connectivity index (χ1) is 12.5. The summed E-state index contributed by atoms with van der Waals surface area (Å²) in [4.78, 5) is 38.3. The van der Waals surface area contributed by atoms with Crippen LogP contribution in [0.1, 0.15) is 44.6 Å². The van der Waals surface area contributed by atoms with Gasteiger partial charge in [-0.3, -0.25) is 14.5 Å². The van der Waals surface area contributed by atoms with Gasteiger partial charge in [0.15, 0.2) is 0 Å². The predicted molar refractivity (Wildman–Crippen MR) is 98.4 cm³/mol. The number of rotatable bonds is 6. The van der Waals surface area contributed by atoms with E-state index in [1.54, 1.807) is 0 Å². The maximum Gasteiger partial charge on any atom is 0.325 e. The van der Waals surface area contributed by atoms with E-state index in [9.17, 15) is 14.4 Å². The zero-order chi connectivity index (χ0) is 18.6. The number of carbonyl (C=O) groups excluding carboxylic acids is 3. The molecule has 1 saturated carbocycles. The molecular formula is C20H27N3O3. The molecule has 1 aliphatic heterocycles. The third-order valence-electron chi connectivity index (χ3n) is 5.66. The number of amides is 4. The van der Waals surface area contributed by atoms with Crippen LogP contribution in [0.2, 0.25) is 0 Å². The number of benzene rings is 1. The zero-order valence-electron chi connectivity index (χ0n) is 15.3. The molecule has 1 aliphatic carbocycles. The van der Waals surface area contributed by atoms with Gasteiger partial charge in [0.1, 0.15) is 12.1 Å². The van der Waals surface area contributed by atoms with E-state index in [1.807, 2.05) is 30.3 Å². The van der Waals surface area contributed by atoms with E-state index in [0.717, 1.165) is 36.1 Å². The zero-order valence-corrected chi connectivity index (χ0v) is 15.3. The Morgan fingerprint density at radius 3 is 2.58 bits per heavy atom. The SMILES string of the molecule is CCC1CCC2(CC1)NC(=O)N(CC(=O)NCCc1ccccc1)C2=O. The summed E-state index contributed by atoms with van der Waals surface area (Å²) in [5, 5.41) is 5.65. The van der Waals surface area contributed by atoms with Crippen molar-refractivity contribution in [2.24, 2.45) is 5.92 Å². The molecule has 1 saturated heterocycles. The minimum atomic E-state index is -0.785. The monoisotopic (exact) mass is 357 g/mol. The third kappa shape index (κ3) is 3.89. The van der Waals surface area contributed by atoms with Crippen LogP contribution in [0.15, 0.2) is 30.3 Å². The van der Waals surface area contributed by atoms with Crippen molar-refractivity contribution in [3.8, 4) is 0 Å². The van der Waals surface area contributed by atoms with Crippen molar-refractivity contribution in [2.75, 3.05) is 13.1 Å². The molecule has 26 heavy (non-hydrogen) atoms. The average molecular weight is 357 g/mol. The average Bonchev–Trinajstić information content (AvgIpc) is 2.87. The van der Waals surface area contributed by atoms with Crippen LogP contribution in [-0.2, 0) is 16.0 Å². The summed E-state index contributed by atoms with van der Waals surface area (Å²) in [6.45, 7) is 2.43. The van der Waals surface area contributed by atoms with E-state index < -0.39 is 11.6 Å². The van der Waals surface area contributed by atoms with Gasteiger partial charge in [-0.05, 0) is 43.6 Å². The normalized spacial score (nSPS) is 25.4. The largest absolute Gasteiger partial charge is 0.354 e. The maximum absolute atomic E-state index is 12.8. The fraction of sp³-hybridized carbons (Fsp3) is 0.550. The second kappa shape index (κ2) is 7.89. The van der Waals surface area contributed by atoms with Gasteiger partial charge in [0.2, 0.25) is 5.91 Å². The van der Waals surface area contributed by atoms with E-state index in [1.165, 1.54) is 0 Å². The van der Waals surface area contributed by atoms with Crippen LogP contribution in [-0.4, -0.2) is 41.4 Å². The van der Waals surface area contributed by atoms with Gasteiger partial charge in [-0.1, -0.05) is 43.7 Å². The van der Waals surface area contributed by atoms with E-state index >= 15 is 0 Å². The van der Waals surface area contributed by atoms with Gasteiger partial charge in [-0.25, -0.2) is 4.79 Å². The van der Waals surface area contributed by atoms with E-state index in [2.05, 4.69) is 17.6 Å². The first-order valence-corrected chi connectivity index (χ1v) is 9.49. The number of hydrogen-bond donors (Lipinski definition) is 2. The summed E-state index contributed by atoms with van der Waals surface area (Å²) in [5.41, 5.74) is 0.349. The van der Waals surface area contributed by atoms with Gasteiger partial charge in [-0.2, -0.15) is 0 Å². The predicted octanol–water partition coefficient (Wildman–Crippen LogP) is 2.24. The molecular weight excluding hydrogens is 330 g/mol. The van der Waals surface area contributed by atoms with Gasteiger partial charge in [0.05, 0.1) is 0 Å². The number of urea groups is 1. The number of imide groups is 1. The lowest BCUT2D eigenvalue weighted by Gasteiger charge is -2.34. The molecule has 1 spiro atoms. The number of hydrogen-bond acceptors (Lipinski definition) is 3. The molecule has 6 heteroatoms. The Hall–Kier alpha value is -2.37. The van der Waals surface area contributed by atoms with Crippen molar-refractivity contribution >= 4 is 17.8 Å². The molecule has 2 aliphatic rings. The Labute approximate surface area is 154 Å². The summed E-state index contributed by atoms with van der Waals surface area (Å²) in [5.74, 6) is 0.0830. The van der Waals surface area contributed by atoms with Crippen LogP contribution in [0.25, 0.3) is 0 Å². The van der Waals surface area contributed by atoms with Crippen molar-refractivity contribution in [2.45, 2.75) is 51.0 Å². The second-order valence-electron chi connectivity index (χ2n) is 7.34. The summed E-state index contributed by atoms with van der Waals surface area (Å²) in [7, 11) is 0. The molecule has 0 aromatic heterocycles. The molecule has 4 amide bonds. The second-order valence-corrected chi connectivity index (χ2v) is 7.34. The minimum absolute atomic E-state index is 0.210. The number of carbonyl (C=O) groups is 3. The van der Waals surface area contributed by atoms with Gasteiger partial charge < -0.3 is 10.6 Å². The lowest BCUT2D eigenvalue weighted by molar-refractivity contribution is -0.136. The summed E-state index contributed by atoms with van der Waals surface area (Å²) in [6.07, 6.45) is 5.05. The highest BCUT2D eigenvalue weighted by molar-refractivity contribution is 6.09. The van der Waals surface area contributed by atoms with Crippen molar-refractivity contribution in [1.29, 1.82) is 0 Å². The smallest absolute Gasteiger partial charge is 0.325 e. The highest BCUT2D eigenvalue weighted by atomic mass is 16.2. The molecule has 0 atom stereocenters. The first kappa shape index (κ1) is 18.4. The van der Waals surface area contributed by atoms with Gasteiger partial charge >= 0.3 is 6.03 Å². The molecule has 3 rings (SSSR count). The number of nitrogens with one attached hydrogen (secondary N) is 2. The Balaban J connectivity index is 1.50. The fourth-order valence-corrected chi connectivity index (χ4v) is 3.93. The molecule has 0 radical (unpaired) electrons. The van der Waals surface area contributed by atoms with Crippen molar-refractivity contribution in [3.05, 3.63) is 35.9 Å². The Morgan fingerprint density at radius 1 is 1.23 bits per heavy atom. The molecule has 2 N–H and O–H groups in total. The molecule has 1 aromatic rings. The molecule has 0 unspecified atom stereocenters. The molecule has 6 nitrogen and oxygen atoms in total. The number of nitrogens with zero attached hydrogens (tertiary/aromatic N) is 1. The van der Waals surface area contributed by atoms with Crippen molar-refractivity contribution < 1.29 is 14.4 Å². The lowest BCUT2D eigenvalue weighted by Crippen LogP contribution is -2.50. The topological polar surface area (TPSA) is 78.5 Å². The van der Waals surface area contributed by atoms with Crippen LogP contribution in [0.4, 0.5) is 4.79 Å². The van der Waals surface area contributed by atoms with Crippen LogP contribution < -0.4 is 10.6 Å². The van der Waals surface area contributed by atoms with E-state index in [-0.39, 0.29) is 18.4 Å². The van der Waals surface area contributed by atoms with E-state index in [0.29, 0.717) is 25.3 Å². The summed E-state index contributed by atoms with van der Waals surface area (Å²) < 4.78 is 0. The fourth-order valence-electron chi connectivity index (χ4n) is 3.93. The Morgan fingerprint density at radius 2 is 1.92 bits per heavy atom. The minimum Gasteiger partial charge on any atom is -0.354 e. The summed E-state index contributed by atoms with van der Waals surface area (Å²) in [6, 6.07) is 9.42. The molecule has 140 valence electrons. The van der Waals surface area contributed by atoms with Crippen LogP contribution in [0.3, 0.4) is 0 Å². The van der Waals surface area contributed by atoms with Gasteiger partial charge in [-0.15, -0.1) is 0 Å². The molecule has 2 fully saturated rings. The summed E-state index contributed by atoms with van der Waals surface area (Å²) >= 11 is 0. The van der Waals surface area contributed by atoms with Crippen LogP contribution in [0.5, 0.6) is 0 Å².